The number of ketones is 1. The quantitative estimate of drug-likeness (QED) is 0.581. The summed E-state index contributed by atoms with van der Waals surface area (Å²) < 4.78 is 4.89. The molecule has 0 aliphatic rings. The molecule has 3 heteroatoms. The van der Waals surface area contributed by atoms with E-state index in [1.165, 1.54) is 0 Å². The minimum Gasteiger partial charge on any atom is -0.466 e. The molecule has 0 aliphatic carbocycles. The fraction of sp³-hybridized carbons (Fsp3) is 0.429. The monoisotopic (exact) mass is 234 g/mol. The van der Waals surface area contributed by atoms with Crippen molar-refractivity contribution in [3.63, 3.8) is 0 Å². The van der Waals surface area contributed by atoms with Crippen LogP contribution < -0.4 is 0 Å². The largest absolute Gasteiger partial charge is 0.466 e. The third-order valence-electron chi connectivity index (χ3n) is 2.45. The van der Waals surface area contributed by atoms with Crippen molar-refractivity contribution in [1.29, 1.82) is 0 Å². The van der Waals surface area contributed by atoms with E-state index in [2.05, 4.69) is 0 Å². The molecule has 0 radical (unpaired) electrons. The Kier molecular flexibility index (Phi) is 4.88. The fourth-order valence-electron chi connectivity index (χ4n) is 1.59. The summed E-state index contributed by atoms with van der Waals surface area (Å²) in [5.41, 5.74) is 1.36. The maximum Gasteiger partial charge on any atom is 0.310 e. The number of benzene rings is 1. The highest BCUT2D eigenvalue weighted by Crippen LogP contribution is 2.15. The van der Waals surface area contributed by atoms with Crippen molar-refractivity contribution in [1.82, 2.24) is 0 Å². The molecule has 0 aliphatic heterocycles. The van der Waals surface area contributed by atoms with E-state index in [1.54, 1.807) is 19.1 Å². The Balaban J connectivity index is 2.92. The molecule has 0 saturated carbocycles. The smallest absolute Gasteiger partial charge is 0.310 e. The average Bonchev–Trinajstić information content (AvgIpc) is 2.29. The van der Waals surface area contributed by atoms with Crippen molar-refractivity contribution in [3.05, 3.63) is 35.4 Å². The van der Waals surface area contributed by atoms with E-state index < -0.39 is 0 Å². The van der Waals surface area contributed by atoms with E-state index in [-0.39, 0.29) is 24.1 Å². The van der Waals surface area contributed by atoms with Gasteiger partial charge in [0.05, 0.1) is 13.0 Å². The number of hydrogen-bond donors (Lipinski definition) is 0. The van der Waals surface area contributed by atoms with Crippen molar-refractivity contribution in [2.45, 2.75) is 27.2 Å². The first-order chi connectivity index (χ1) is 8.06. The molecule has 0 aromatic heterocycles. The fourth-order valence-corrected chi connectivity index (χ4v) is 1.59. The van der Waals surface area contributed by atoms with Crippen LogP contribution in [-0.4, -0.2) is 18.4 Å². The zero-order valence-electron chi connectivity index (χ0n) is 10.5. The van der Waals surface area contributed by atoms with Gasteiger partial charge >= 0.3 is 5.97 Å². The van der Waals surface area contributed by atoms with Crippen molar-refractivity contribution >= 4 is 11.8 Å². The zero-order chi connectivity index (χ0) is 12.8. The Labute approximate surface area is 102 Å². The van der Waals surface area contributed by atoms with Gasteiger partial charge in [-0.2, -0.15) is 0 Å². The predicted molar refractivity (Wildman–Crippen MR) is 65.9 cm³/mol. The minimum atomic E-state index is -0.295. The maximum absolute atomic E-state index is 12.0. The second-order valence-corrected chi connectivity index (χ2v) is 4.16. The van der Waals surface area contributed by atoms with Crippen molar-refractivity contribution in [2.75, 3.05) is 6.61 Å². The summed E-state index contributed by atoms with van der Waals surface area (Å²) >= 11 is 0. The lowest BCUT2D eigenvalue weighted by Crippen LogP contribution is -2.14. The predicted octanol–water partition coefficient (Wildman–Crippen LogP) is 2.63. The molecule has 0 amide bonds. The molecule has 3 nitrogen and oxygen atoms in total. The highest BCUT2D eigenvalue weighted by Gasteiger charge is 2.16. The van der Waals surface area contributed by atoms with Gasteiger partial charge in [-0.1, -0.05) is 38.1 Å². The lowest BCUT2D eigenvalue weighted by atomic mass is 9.95. The molecule has 0 fully saturated rings. The van der Waals surface area contributed by atoms with Crippen LogP contribution in [0.1, 0.15) is 36.7 Å². The number of rotatable bonds is 5. The Hall–Kier alpha value is -1.64. The molecule has 0 atom stereocenters. The van der Waals surface area contributed by atoms with Crippen LogP contribution >= 0.6 is 0 Å². The molecule has 1 rings (SSSR count). The Bertz CT molecular complexity index is 408. The van der Waals surface area contributed by atoms with Gasteiger partial charge in [-0.3, -0.25) is 9.59 Å². The summed E-state index contributed by atoms with van der Waals surface area (Å²) in [6.45, 7) is 5.83. The standard InChI is InChI=1S/C14H18O3/c1-4-17-13(15)9-11-7-5-6-8-12(11)14(16)10(2)3/h5-8,10H,4,9H2,1-3H3. The van der Waals surface area contributed by atoms with Crippen LogP contribution in [0.4, 0.5) is 0 Å². The van der Waals surface area contributed by atoms with Crippen molar-refractivity contribution < 1.29 is 14.3 Å². The molecule has 0 N–H and O–H groups in total. The van der Waals surface area contributed by atoms with Gasteiger partial charge in [0, 0.05) is 11.5 Å². The van der Waals surface area contributed by atoms with Crippen LogP contribution in [-0.2, 0) is 16.0 Å². The SMILES string of the molecule is CCOC(=O)Cc1ccccc1C(=O)C(C)C. The summed E-state index contributed by atoms with van der Waals surface area (Å²) in [7, 11) is 0. The first-order valence-electron chi connectivity index (χ1n) is 5.84. The average molecular weight is 234 g/mol. The van der Waals surface area contributed by atoms with E-state index in [9.17, 15) is 9.59 Å². The number of ether oxygens (including phenoxy) is 1. The molecule has 0 heterocycles. The zero-order valence-corrected chi connectivity index (χ0v) is 10.5. The molecule has 1 aromatic rings. The molecule has 0 saturated heterocycles. The molecule has 1 aromatic carbocycles. The van der Waals surface area contributed by atoms with Crippen LogP contribution in [0.2, 0.25) is 0 Å². The third-order valence-corrected chi connectivity index (χ3v) is 2.45. The summed E-state index contributed by atoms with van der Waals surface area (Å²) in [5, 5.41) is 0. The highest BCUT2D eigenvalue weighted by atomic mass is 16.5. The van der Waals surface area contributed by atoms with Crippen LogP contribution in [0, 0.1) is 5.92 Å². The van der Waals surface area contributed by atoms with E-state index in [0.29, 0.717) is 12.2 Å². The van der Waals surface area contributed by atoms with Crippen LogP contribution in [0.15, 0.2) is 24.3 Å². The van der Waals surface area contributed by atoms with Gasteiger partial charge < -0.3 is 4.74 Å². The van der Waals surface area contributed by atoms with Gasteiger partial charge in [0.2, 0.25) is 0 Å². The van der Waals surface area contributed by atoms with Crippen molar-refractivity contribution in [3.8, 4) is 0 Å². The van der Waals surface area contributed by atoms with E-state index in [1.807, 2.05) is 26.0 Å². The van der Waals surface area contributed by atoms with Crippen molar-refractivity contribution in [2.24, 2.45) is 5.92 Å². The van der Waals surface area contributed by atoms with Gasteiger partial charge in [0.25, 0.3) is 0 Å². The van der Waals surface area contributed by atoms with Crippen LogP contribution in [0.3, 0.4) is 0 Å². The number of hydrogen-bond acceptors (Lipinski definition) is 3. The lowest BCUT2D eigenvalue weighted by molar-refractivity contribution is -0.142. The van der Waals surface area contributed by atoms with Gasteiger partial charge in [0.1, 0.15) is 0 Å². The molecule has 0 bridgehead atoms. The molecule has 17 heavy (non-hydrogen) atoms. The Morgan fingerprint density at radius 2 is 1.88 bits per heavy atom. The topological polar surface area (TPSA) is 43.4 Å². The van der Waals surface area contributed by atoms with Gasteiger partial charge in [-0.25, -0.2) is 0 Å². The number of esters is 1. The summed E-state index contributed by atoms with van der Waals surface area (Å²) in [4.78, 5) is 23.4. The van der Waals surface area contributed by atoms with Gasteiger partial charge in [0.15, 0.2) is 5.78 Å². The van der Waals surface area contributed by atoms with E-state index >= 15 is 0 Å². The highest BCUT2D eigenvalue weighted by molar-refractivity contribution is 5.99. The summed E-state index contributed by atoms with van der Waals surface area (Å²) in [6, 6.07) is 7.19. The number of carbonyl (C=O) groups excluding carboxylic acids is 2. The second-order valence-electron chi connectivity index (χ2n) is 4.16. The molecule has 92 valence electrons. The maximum atomic E-state index is 12.0. The number of Topliss-reactive ketones (excluding diaryl/α,β-unsaturated/α-hetero) is 1. The van der Waals surface area contributed by atoms with Gasteiger partial charge in [-0.15, -0.1) is 0 Å². The molecule has 0 unspecified atom stereocenters. The summed E-state index contributed by atoms with van der Waals surface area (Å²) in [6.07, 6.45) is 0.155. The first-order valence-corrected chi connectivity index (χ1v) is 5.84. The number of carbonyl (C=O) groups is 2. The molecular formula is C14H18O3. The molecular weight excluding hydrogens is 216 g/mol. The Morgan fingerprint density at radius 3 is 2.47 bits per heavy atom. The Morgan fingerprint density at radius 1 is 1.24 bits per heavy atom. The lowest BCUT2D eigenvalue weighted by Gasteiger charge is -2.10. The van der Waals surface area contributed by atoms with Crippen LogP contribution in [0.25, 0.3) is 0 Å². The third kappa shape index (κ3) is 3.70. The van der Waals surface area contributed by atoms with Crippen LogP contribution in [0.5, 0.6) is 0 Å². The summed E-state index contributed by atoms with van der Waals surface area (Å²) in [5.74, 6) is -0.306. The van der Waals surface area contributed by atoms with E-state index in [0.717, 1.165) is 5.56 Å². The second kappa shape index (κ2) is 6.18. The minimum absolute atomic E-state index is 0.0601. The first kappa shape index (κ1) is 13.4. The molecule has 0 spiro atoms. The van der Waals surface area contributed by atoms with Gasteiger partial charge in [-0.05, 0) is 12.5 Å². The van der Waals surface area contributed by atoms with E-state index in [4.69, 9.17) is 4.74 Å². The normalized spacial score (nSPS) is 10.4.